The Morgan fingerprint density at radius 1 is 1.26 bits per heavy atom. The average Bonchev–Trinajstić information content (AvgIpc) is 2.80. The monoisotopic (exact) mass is 337 g/mol. The molecule has 0 saturated carbocycles. The van der Waals surface area contributed by atoms with Gasteiger partial charge in [0, 0.05) is 0 Å². The van der Waals surface area contributed by atoms with Gasteiger partial charge in [-0.1, -0.05) is 32.9 Å². The van der Waals surface area contributed by atoms with Crippen molar-refractivity contribution in [2.24, 2.45) is 0 Å². The predicted molar refractivity (Wildman–Crippen MR) is 88.0 cm³/mol. The van der Waals surface area contributed by atoms with Crippen molar-refractivity contribution in [3.63, 3.8) is 0 Å². The zero-order valence-electron chi connectivity index (χ0n) is 14.0. The Kier molecular flexibility index (Phi) is 4.43. The minimum Gasteiger partial charge on any atom is -0.544 e. The molecule has 0 aromatic heterocycles. The number of carboxylic acid groups (broad SMARTS) is 1. The molecule has 1 amide bonds. The van der Waals surface area contributed by atoms with Crippen LogP contribution in [-0.2, 0) is 9.53 Å². The number of benzene rings is 1. The number of carbonyl (C=O) groups excluding carboxylic acids is 1. The van der Waals surface area contributed by atoms with Gasteiger partial charge in [0.1, 0.15) is 5.75 Å². The Morgan fingerprint density at radius 2 is 1.83 bits per heavy atom. The first-order valence-corrected chi connectivity index (χ1v) is 10.4. The van der Waals surface area contributed by atoms with Crippen molar-refractivity contribution >= 4 is 20.4 Å². The minimum absolute atomic E-state index is 0.0883. The molecule has 2 atom stereocenters. The fourth-order valence-corrected chi connectivity index (χ4v) is 3.08. The number of nitrogens with one attached hydrogen (secondary N) is 1. The number of carboxylic acids is 1. The summed E-state index contributed by atoms with van der Waals surface area (Å²) in [5, 5.41) is 11.5. The van der Waals surface area contributed by atoms with Crippen molar-refractivity contribution in [3.05, 3.63) is 29.8 Å². The van der Waals surface area contributed by atoms with Gasteiger partial charge in [0.25, 0.3) is 0 Å². The Morgan fingerprint density at radius 3 is 2.30 bits per heavy atom. The second-order valence-corrected chi connectivity index (χ2v) is 11.9. The summed E-state index contributed by atoms with van der Waals surface area (Å²) >= 11 is 0. The van der Waals surface area contributed by atoms with Gasteiger partial charge in [0.15, 0.2) is 12.1 Å². The van der Waals surface area contributed by atoms with E-state index in [1.165, 1.54) is 0 Å². The third-order valence-corrected chi connectivity index (χ3v) is 8.82. The molecule has 0 unspecified atom stereocenters. The first kappa shape index (κ1) is 17.3. The number of aliphatic carboxylic acids is 1. The molecule has 1 aromatic rings. The van der Waals surface area contributed by atoms with E-state index < -0.39 is 32.5 Å². The Hall–Kier alpha value is -2.02. The molecule has 0 spiro atoms. The largest absolute Gasteiger partial charge is 0.544 e. The van der Waals surface area contributed by atoms with Crippen molar-refractivity contribution < 1.29 is 23.9 Å². The van der Waals surface area contributed by atoms with Crippen LogP contribution in [0.2, 0.25) is 18.1 Å². The van der Waals surface area contributed by atoms with E-state index in [9.17, 15) is 9.59 Å². The second kappa shape index (κ2) is 5.88. The normalized spacial score (nSPS) is 21.5. The van der Waals surface area contributed by atoms with Crippen LogP contribution in [0.3, 0.4) is 0 Å². The number of carbonyl (C=O) groups is 2. The lowest BCUT2D eigenvalue weighted by Gasteiger charge is -2.36. The maximum absolute atomic E-state index is 11.3. The summed E-state index contributed by atoms with van der Waals surface area (Å²) in [5.74, 6) is -0.382. The summed E-state index contributed by atoms with van der Waals surface area (Å²) in [7, 11) is -1.93. The highest BCUT2D eigenvalue weighted by Crippen LogP contribution is 2.37. The van der Waals surface area contributed by atoms with Crippen LogP contribution in [0.4, 0.5) is 4.79 Å². The highest BCUT2D eigenvalue weighted by Gasteiger charge is 2.41. The molecule has 6 nitrogen and oxygen atoms in total. The molecule has 1 aromatic carbocycles. The van der Waals surface area contributed by atoms with E-state index in [0.29, 0.717) is 5.56 Å². The van der Waals surface area contributed by atoms with Crippen LogP contribution in [0.1, 0.15) is 32.4 Å². The molecule has 1 aliphatic heterocycles. The van der Waals surface area contributed by atoms with E-state index in [0.717, 1.165) is 5.75 Å². The standard InChI is InChI=1S/C16H23NO5Si/c1-16(2,3)23(4,5)22-11-8-6-10(7-9-11)13-12(14(18)19)17-15(20)21-13/h6-9,12-13H,1-5H3,(H,17,20)(H,18,19)/t12-,13+/m0/s1. The summed E-state index contributed by atoms with van der Waals surface area (Å²) in [6.45, 7) is 10.8. The van der Waals surface area contributed by atoms with Crippen LogP contribution in [-0.4, -0.2) is 31.5 Å². The second-order valence-electron chi connectivity index (χ2n) is 7.22. The van der Waals surface area contributed by atoms with Gasteiger partial charge < -0.3 is 19.6 Å². The predicted octanol–water partition coefficient (Wildman–Crippen LogP) is 3.30. The van der Waals surface area contributed by atoms with Crippen LogP contribution in [0, 0.1) is 0 Å². The van der Waals surface area contributed by atoms with Crippen molar-refractivity contribution in [3.8, 4) is 5.75 Å². The first-order valence-electron chi connectivity index (χ1n) is 7.50. The lowest BCUT2D eigenvalue weighted by molar-refractivity contribution is -0.140. The summed E-state index contributed by atoms with van der Waals surface area (Å²) in [6.07, 6.45) is -1.55. The number of hydrogen-bond acceptors (Lipinski definition) is 4. The highest BCUT2D eigenvalue weighted by atomic mass is 28.4. The Balaban J connectivity index is 2.17. The Bertz CT molecular complexity index is 606. The van der Waals surface area contributed by atoms with Crippen LogP contribution in [0.15, 0.2) is 24.3 Å². The lowest BCUT2D eigenvalue weighted by atomic mass is 10.0. The molecule has 23 heavy (non-hydrogen) atoms. The number of cyclic esters (lactones) is 1. The molecular weight excluding hydrogens is 314 g/mol. The van der Waals surface area contributed by atoms with Gasteiger partial charge in [-0.2, -0.15) is 0 Å². The average molecular weight is 337 g/mol. The molecule has 1 saturated heterocycles. The molecular formula is C16H23NO5Si. The SMILES string of the molecule is CC(C)(C)[Si](C)(C)Oc1ccc([C@H]2OC(=O)N[C@@H]2C(=O)O)cc1. The summed E-state index contributed by atoms with van der Waals surface area (Å²) in [5.41, 5.74) is 0.623. The zero-order valence-corrected chi connectivity index (χ0v) is 15.0. The number of hydrogen-bond donors (Lipinski definition) is 2. The summed E-state index contributed by atoms with van der Waals surface area (Å²) in [6, 6.07) is 5.99. The fraction of sp³-hybridized carbons (Fsp3) is 0.500. The summed E-state index contributed by atoms with van der Waals surface area (Å²) in [4.78, 5) is 22.5. The molecule has 0 radical (unpaired) electrons. The number of amides is 1. The number of alkyl carbamates (subject to hydrolysis) is 1. The highest BCUT2D eigenvalue weighted by molar-refractivity contribution is 6.74. The lowest BCUT2D eigenvalue weighted by Crippen LogP contribution is -2.43. The van der Waals surface area contributed by atoms with Gasteiger partial charge in [0.2, 0.25) is 8.32 Å². The molecule has 1 heterocycles. The molecule has 7 heteroatoms. The van der Waals surface area contributed by atoms with Crippen LogP contribution < -0.4 is 9.74 Å². The quantitative estimate of drug-likeness (QED) is 0.823. The maximum atomic E-state index is 11.3. The zero-order chi connectivity index (χ0) is 17.4. The number of ether oxygens (including phenoxy) is 1. The van der Waals surface area contributed by atoms with Crippen molar-refractivity contribution in [2.45, 2.75) is 51.0 Å². The molecule has 1 fully saturated rings. The third kappa shape index (κ3) is 3.66. The van der Waals surface area contributed by atoms with Gasteiger partial charge >= 0.3 is 12.1 Å². The molecule has 0 aliphatic carbocycles. The van der Waals surface area contributed by atoms with E-state index >= 15 is 0 Å². The van der Waals surface area contributed by atoms with Crippen molar-refractivity contribution in [1.29, 1.82) is 0 Å². The van der Waals surface area contributed by atoms with Crippen molar-refractivity contribution in [2.75, 3.05) is 0 Å². The van der Waals surface area contributed by atoms with Gasteiger partial charge in [-0.15, -0.1) is 0 Å². The van der Waals surface area contributed by atoms with E-state index in [1.54, 1.807) is 24.3 Å². The number of rotatable bonds is 4. The van der Waals surface area contributed by atoms with E-state index in [1.807, 2.05) is 0 Å². The van der Waals surface area contributed by atoms with E-state index in [2.05, 4.69) is 39.2 Å². The maximum Gasteiger partial charge on any atom is 0.408 e. The first-order chi connectivity index (χ1) is 10.5. The van der Waals surface area contributed by atoms with Gasteiger partial charge in [-0.05, 0) is 35.8 Å². The molecule has 2 rings (SSSR count). The van der Waals surface area contributed by atoms with E-state index in [-0.39, 0.29) is 5.04 Å². The topological polar surface area (TPSA) is 84.9 Å². The van der Waals surface area contributed by atoms with Crippen LogP contribution in [0.25, 0.3) is 0 Å². The fourth-order valence-electron chi connectivity index (χ4n) is 2.05. The Labute approximate surface area is 136 Å². The summed E-state index contributed by atoms with van der Waals surface area (Å²) < 4.78 is 11.2. The van der Waals surface area contributed by atoms with E-state index in [4.69, 9.17) is 14.3 Å². The minimum atomic E-state index is -1.93. The van der Waals surface area contributed by atoms with Gasteiger partial charge in [-0.3, -0.25) is 0 Å². The molecule has 0 bridgehead atoms. The molecule has 1 aliphatic rings. The van der Waals surface area contributed by atoms with Crippen LogP contribution >= 0.6 is 0 Å². The van der Waals surface area contributed by atoms with Gasteiger partial charge in [0.05, 0.1) is 0 Å². The van der Waals surface area contributed by atoms with Crippen LogP contribution in [0.5, 0.6) is 5.75 Å². The molecule has 2 N–H and O–H groups in total. The van der Waals surface area contributed by atoms with Crippen molar-refractivity contribution in [1.82, 2.24) is 5.32 Å². The van der Waals surface area contributed by atoms with Gasteiger partial charge in [-0.25, -0.2) is 9.59 Å². The molecule has 126 valence electrons. The third-order valence-electron chi connectivity index (χ3n) is 4.46. The smallest absolute Gasteiger partial charge is 0.408 e.